The molecule has 14 nitrogen and oxygen atoms in total. The van der Waals surface area contributed by atoms with Gasteiger partial charge in [0.15, 0.2) is 12.6 Å². The standard InChI is InChI=1S/C48H92O14/c1-3-5-7-9-11-13-14-15-16-17-18-19-20-21-22-24-26-28-30-32-57-34-37(60-40(50)31-29-27-25-23-12-10-8-6-4-2)35-58-47-46(56)44(54)42(52)39(62-47)36-59-48-45(55)43(53)41(51)38(33-49)61-48/h37-39,41-49,51-56H,3-36H2,1-2H3. The average Bonchev–Trinajstić information content (AvgIpc) is 3.27. The van der Waals surface area contributed by atoms with Crippen LogP contribution < -0.4 is 0 Å². The molecule has 11 unspecified atom stereocenters. The van der Waals surface area contributed by atoms with Gasteiger partial charge >= 0.3 is 5.97 Å². The number of carbonyl (C=O) groups excluding carboxylic acids is 1. The molecule has 0 bridgehead atoms. The lowest BCUT2D eigenvalue weighted by molar-refractivity contribution is -0.332. The van der Waals surface area contributed by atoms with Crippen LogP contribution in [-0.4, -0.2) is 142 Å². The highest BCUT2D eigenvalue weighted by Gasteiger charge is 2.47. The number of unbranched alkanes of at least 4 members (excludes halogenated alkanes) is 26. The molecular weight excluding hydrogens is 801 g/mol. The summed E-state index contributed by atoms with van der Waals surface area (Å²) in [5, 5.41) is 71.9. The van der Waals surface area contributed by atoms with Crippen LogP contribution in [0.4, 0.5) is 0 Å². The third-order valence-corrected chi connectivity index (χ3v) is 12.4. The van der Waals surface area contributed by atoms with E-state index in [1.807, 2.05) is 0 Å². The Labute approximate surface area is 374 Å². The minimum absolute atomic E-state index is 0.0696. The normalized spacial score (nSPS) is 27.1. The fourth-order valence-corrected chi connectivity index (χ4v) is 8.23. The number of carbonyl (C=O) groups is 1. The zero-order valence-corrected chi connectivity index (χ0v) is 38.9. The predicted molar refractivity (Wildman–Crippen MR) is 238 cm³/mol. The summed E-state index contributed by atoms with van der Waals surface area (Å²) in [6.07, 6.45) is 19.0. The van der Waals surface area contributed by atoms with Gasteiger partial charge in [-0.05, 0) is 12.8 Å². The minimum Gasteiger partial charge on any atom is -0.457 e. The summed E-state index contributed by atoms with van der Waals surface area (Å²) in [4.78, 5) is 12.9. The van der Waals surface area contributed by atoms with Gasteiger partial charge < -0.3 is 64.2 Å². The topological polar surface area (TPSA) is 214 Å². The maximum Gasteiger partial charge on any atom is 0.306 e. The summed E-state index contributed by atoms with van der Waals surface area (Å²) < 4.78 is 34.2. The van der Waals surface area contributed by atoms with Gasteiger partial charge in [-0.2, -0.15) is 0 Å². The second kappa shape index (κ2) is 37.1. The lowest BCUT2D eigenvalue weighted by Gasteiger charge is -2.42. The van der Waals surface area contributed by atoms with Crippen LogP contribution in [0.25, 0.3) is 0 Å². The zero-order chi connectivity index (χ0) is 45.2. The second-order valence-corrected chi connectivity index (χ2v) is 18.0. The van der Waals surface area contributed by atoms with Gasteiger partial charge in [0.05, 0.1) is 26.4 Å². The first-order valence-electron chi connectivity index (χ1n) is 25.1. The van der Waals surface area contributed by atoms with Crippen molar-refractivity contribution in [3.63, 3.8) is 0 Å². The van der Waals surface area contributed by atoms with Crippen LogP contribution in [0.1, 0.15) is 200 Å². The summed E-state index contributed by atoms with van der Waals surface area (Å²) >= 11 is 0. The van der Waals surface area contributed by atoms with Crippen LogP contribution in [0.15, 0.2) is 0 Å². The molecule has 2 saturated heterocycles. The molecule has 2 rings (SSSR count). The molecule has 0 spiro atoms. The molecule has 0 aromatic carbocycles. The fraction of sp³-hybridized carbons (Fsp3) is 0.979. The van der Waals surface area contributed by atoms with Crippen LogP contribution in [0.5, 0.6) is 0 Å². The average molecular weight is 893 g/mol. The molecule has 0 radical (unpaired) electrons. The van der Waals surface area contributed by atoms with E-state index in [9.17, 15) is 40.5 Å². The number of ether oxygens (including phenoxy) is 6. The molecule has 2 aliphatic rings. The highest BCUT2D eigenvalue weighted by Crippen LogP contribution is 2.26. The molecule has 7 N–H and O–H groups in total. The second-order valence-electron chi connectivity index (χ2n) is 18.0. The first kappa shape index (κ1) is 57.1. The highest BCUT2D eigenvalue weighted by molar-refractivity contribution is 5.69. The maximum atomic E-state index is 12.9. The summed E-state index contributed by atoms with van der Waals surface area (Å²) in [7, 11) is 0. The van der Waals surface area contributed by atoms with Crippen molar-refractivity contribution < 1.29 is 69.0 Å². The van der Waals surface area contributed by atoms with Crippen molar-refractivity contribution in [3.8, 4) is 0 Å². The van der Waals surface area contributed by atoms with Crippen molar-refractivity contribution in [2.75, 3.05) is 33.0 Å². The van der Waals surface area contributed by atoms with E-state index in [-0.39, 0.29) is 25.6 Å². The molecule has 0 aliphatic carbocycles. The van der Waals surface area contributed by atoms with E-state index >= 15 is 0 Å². The first-order valence-corrected chi connectivity index (χ1v) is 25.1. The van der Waals surface area contributed by atoms with E-state index in [1.54, 1.807) is 0 Å². The number of hydrogen-bond donors (Lipinski definition) is 7. The van der Waals surface area contributed by atoms with E-state index in [1.165, 1.54) is 135 Å². The van der Waals surface area contributed by atoms with Crippen molar-refractivity contribution in [1.29, 1.82) is 0 Å². The Morgan fingerprint density at radius 1 is 0.468 bits per heavy atom. The van der Waals surface area contributed by atoms with E-state index < -0.39 is 80.7 Å². The van der Waals surface area contributed by atoms with E-state index in [4.69, 9.17) is 28.4 Å². The Bertz CT molecular complexity index is 1040. The van der Waals surface area contributed by atoms with Gasteiger partial charge in [-0.15, -0.1) is 0 Å². The minimum atomic E-state index is -1.70. The molecule has 368 valence electrons. The fourth-order valence-electron chi connectivity index (χ4n) is 8.23. The molecule has 0 aromatic rings. The van der Waals surface area contributed by atoms with Crippen LogP contribution in [0.2, 0.25) is 0 Å². The third-order valence-electron chi connectivity index (χ3n) is 12.4. The van der Waals surface area contributed by atoms with Crippen LogP contribution in [-0.2, 0) is 33.2 Å². The molecule has 0 aromatic heterocycles. The number of hydrogen-bond acceptors (Lipinski definition) is 14. The molecular formula is C48H92O14. The molecule has 0 amide bonds. The van der Waals surface area contributed by atoms with Crippen LogP contribution in [0, 0.1) is 0 Å². The van der Waals surface area contributed by atoms with Crippen molar-refractivity contribution in [3.05, 3.63) is 0 Å². The molecule has 0 saturated carbocycles. The Kier molecular flexibility index (Phi) is 34.2. The quantitative estimate of drug-likeness (QED) is 0.0246. The predicted octanol–water partition coefficient (Wildman–Crippen LogP) is 6.91. The Morgan fingerprint density at radius 2 is 0.855 bits per heavy atom. The SMILES string of the molecule is CCCCCCCCCCCCCCCCCCCCCOCC(COC1OC(COC2OC(CO)C(O)C(O)C2O)C(O)C(O)C1O)OC(=O)CCCCCCCCCCC. The van der Waals surface area contributed by atoms with E-state index in [0.717, 1.165) is 38.5 Å². The molecule has 2 aliphatic heterocycles. The summed E-state index contributed by atoms with van der Waals surface area (Å²) in [6.45, 7) is 3.70. The van der Waals surface area contributed by atoms with Crippen LogP contribution >= 0.6 is 0 Å². The third kappa shape index (κ3) is 25.0. The Hall–Kier alpha value is -1.01. The van der Waals surface area contributed by atoms with Gasteiger partial charge in [0, 0.05) is 13.0 Å². The summed E-state index contributed by atoms with van der Waals surface area (Å²) in [5.41, 5.74) is 0. The van der Waals surface area contributed by atoms with Gasteiger partial charge in [-0.25, -0.2) is 0 Å². The number of esters is 1. The number of aliphatic hydroxyl groups is 7. The lowest BCUT2D eigenvalue weighted by Crippen LogP contribution is -2.61. The largest absolute Gasteiger partial charge is 0.457 e. The van der Waals surface area contributed by atoms with E-state index in [0.29, 0.717) is 13.0 Å². The number of aliphatic hydroxyl groups excluding tert-OH is 7. The van der Waals surface area contributed by atoms with E-state index in [2.05, 4.69) is 13.8 Å². The monoisotopic (exact) mass is 893 g/mol. The van der Waals surface area contributed by atoms with Gasteiger partial charge in [-0.3, -0.25) is 4.79 Å². The van der Waals surface area contributed by atoms with Crippen molar-refractivity contribution in [1.82, 2.24) is 0 Å². The Morgan fingerprint density at radius 3 is 1.31 bits per heavy atom. The van der Waals surface area contributed by atoms with Gasteiger partial charge in [-0.1, -0.05) is 181 Å². The smallest absolute Gasteiger partial charge is 0.306 e. The van der Waals surface area contributed by atoms with Crippen molar-refractivity contribution in [2.45, 2.75) is 268 Å². The maximum absolute atomic E-state index is 12.9. The summed E-state index contributed by atoms with van der Waals surface area (Å²) in [6, 6.07) is 0. The lowest BCUT2D eigenvalue weighted by atomic mass is 9.98. The molecule has 11 atom stereocenters. The first-order chi connectivity index (χ1) is 30.1. The Balaban J connectivity index is 1.72. The zero-order valence-electron chi connectivity index (χ0n) is 38.9. The van der Waals surface area contributed by atoms with Gasteiger partial charge in [0.1, 0.15) is 54.9 Å². The number of rotatable bonds is 40. The van der Waals surface area contributed by atoms with Crippen molar-refractivity contribution in [2.24, 2.45) is 0 Å². The highest BCUT2D eigenvalue weighted by atomic mass is 16.7. The van der Waals surface area contributed by atoms with Crippen molar-refractivity contribution >= 4 is 5.97 Å². The summed E-state index contributed by atoms with van der Waals surface area (Å²) in [5.74, 6) is -0.375. The molecule has 2 heterocycles. The van der Waals surface area contributed by atoms with Gasteiger partial charge in [0.25, 0.3) is 0 Å². The molecule has 2 fully saturated rings. The molecule has 14 heteroatoms. The molecule has 62 heavy (non-hydrogen) atoms. The van der Waals surface area contributed by atoms with Crippen LogP contribution in [0.3, 0.4) is 0 Å². The van der Waals surface area contributed by atoms with Gasteiger partial charge in [0.2, 0.25) is 0 Å².